The zero-order valence-electron chi connectivity index (χ0n) is 7.70. The monoisotopic (exact) mass is 211 g/mol. The van der Waals surface area contributed by atoms with E-state index in [2.05, 4.69) is 0 Å². The topological polar surface area (TPSA) is 53.2 Å². The standard InChI is InChI=1S/C10H10ClNO2/c1-14-10-6-7(2-3-8(10)11)9(13)4-5-12/h2-3,6,9,13H,4H2,1H3. The first-order valence-corrected chi connectivity index (χ1v) is 4.45. The molecule has 0 aliphatic rings. The molecule has 74 valence electrons. The fourth-order valence-electron chi connectivity index (χ4n) is 1.09. The Hall–Kier alpha value is -1.24. The first kappa shape index (κ1) is 10.8. The second kappa shape index (κ2) is 4.85. The van der Waals surface area contributed by atoms with Gasteiger partial charge in [-0.15, -0.1) is 0 Å². The van der Waals surface area contributed by atoms with Crippen molar-refractivity contribution in [2.45, 2.75) is 12.5 Å². The van der Waals surface area contributed by atoms with E-state index in [1.54, 1.807) is 18.2 Å². The van der Waals surface area contributed by atoms with Crippen molar-refractivity contribution in [3.05, 3.63) is 28.8 Å². The van der Waals surface area contributed by atoms with Gasteiger partial charge in [0.1, 0.15) is 5.75 Å². The molecule has 0 radical (unpaired) electrons. The van der Waals surface area contributed by atoms with Crippen molar-refractivity contribution in [3.8, 4) is 11.8 Å². The molecule has 0 aromatic heterocycles. The molecule has 1 N–H and O–H groups in total. The van der Waals surface area contributed by atoms with Crippen LogP contribution in [0.2, 0.25) is 5.02 Å². The number of nitrogens with zero attached hydrogens (tertiary/aromatic N) is 1. The van der Waals surface area contributed by atoms with E-state index in [1.807, 2.05) is 6.07 Å². The molecule has 1 rings (SSSR count). The van der Waals surface area contributed by atoms with Crippen LogP contribution in [0.25, 0.3) is 0 Å². The molecule has 0 heterocycles. The van der Waals surface area contributed by atoms with Crippen LogP contribution < -0.4 is 4.74 Å². The summed E-state index contributed by atoms with van der Waals surface area (Å²) < 4.78 is 4.99. The van der Waals surface area contributed by atoms with Crippen LogP contribution in [-0.4, -0.2) is 12.2 Å². The first-order valence-electron chi connectivity index (χ1n) is 4.07. The Morgan fingerprint density at radius 2 is 2.36 bits per heavy atom. The van der Waals surface area contributed by atoms with Crippen LogP contribution in [-0.2, 0) is 0 Å². The van der Waals surface area contributed by atoms with E-state index >= 15 is 0 Å². The summed E-state index contributed by atoms with van der Waals surface area (Å²) in [6.07, 6.45) is -0.726. The molecule has 1 atom stereocenters. The summed E-state index contributed by atoms with van der Waals surface area (Å²) in [4.78, 5) is 0. The van der Waals surface area contributed by atoms with Crippen LogP contribution in [0, 0.1) is 11.3 Å². The van der Waals surface area contributed by atoms with Gasteiger partial charge in [-0.1, -0.05) is 17.7 Å². The fraction of sp³-hybridized carbons (Fsp3) is 0.300. The van der Waals surface area contributed by atoms with E-state index in [0.717, 1.165) is 0 Å². The minimum Gasteiger partial charge on any atom is -0.495 e. The number of hydrogen-bond donors (Lipinski definition) is 1. The zero-order chi connectivity index (χ0) is 10.6. The quantitative estimate of drug-likeness (QED) is 0.835. The normalized spacial score (nSPS) is 11.9. The largest absolute Gasteiger partial charge is 0.495 e. The summed E-state index contributed by atoms with van der Waals surface area (Å²) >= 11 is 5.81. The third kappa shape index (κ3) is 2.38. The highest BCUT2D eigenvalue weighted by atomic mass is 35.5. The predicted molar refractivity (Wildman–Crippen MR) is 53.2 cm³/mol. The average Bonchev–Trinajstić information content (AvgIpc) is 2.19. The maximum Gasteiger partial charge on any atom is 0.137 e. The summed E-state index contributed by atoms with van der Waals surface area (Å²) in [6.45, 7) is 0. The van der Waals surface area contributed by atoms with Crippen LogP contribution in [0.4, 0.5) is 0 Å². The summed E-state index contributed by atoms with van der Waals surface area (Å²) in [5.74, 6) is 0.501. The van der Waals surface area contributed by atoms with E-state index in [-0.39, 0.29) is 6.42 Å². The Morgan fingerprint density at radius 1 is 1.64 bits per heavy atom. The summed E-state index contributed by atoms with van der Waals surface area (Å²) in [5, 5.41) is 18.4. The lowest BCUT2D eigenvalue weighted by Crippen LogP contribution is -1.96. The number of halogens is 1. The lowest BCUT2D eigenvalue weighted by atomic mass is 10.1. The molecule has 0 saturated heterocycles. The number of methoxy groups -OCH3 is 1. The van der Waals surface area contributed by atoms with Gasteiger partial charge in [-0.3, -0.25) is 0 Å². The van der Waals surface area contributed by atoms with Gasteiger partial charge in [0.2, 0.25) is 0 Å². The molecule has 0 aliphatic heterocycles. The van der Waals surface area contributed by atoms with Crippen LogP contribution in [0.1, 0.15) is 18.1 Å². The predicted octanol–water partition coefficient (Wildman–Crippen LogP) is 2.30. The minimum atomic E-state index is -0.786. The number of nitriles is 1. The van der Waals surface area contributed by atoms with Gasteiger partial charge in [0.15, 0.2) is 0 Å². The average molecular weight is 212 g/mol. The fourth-order valence-corrected chi connectivity index (χ4v) is 1.28. The second-order valence-electron chi connectivity index (χ2n) is 2.77. The number of aliphatic hydroxyl groups excluding tert-OH is 1. The number of ether oxygens (including phenoxy) is 1. The molecule has 4 heteroatoms. The highest BCUT2D eigenvalue weighted by molar-refractivity contribution is 6.32. The smallest absolute Gasteiger partial charge is 0.137 e. The van der Waals surface area contributed by atoms with Crippen molar-refractivity contribution < 1.29 is 9.84 Å². The molecular weight excluding hydrogens is 202 g/mol. The minimum absolute atomic E-state index is 0.0603. The van der Waals surface area contributed by atoms with Crippen LogP contribution in [0.3, 0.4) is 0 Å². The van der Waals surface area contributed by atoms with E-state index in [1.165, 1.54) is 7.11 Å². The molecule has 1 aromatic rings. The third-order valence-electron chi connectivity index (χ3n) is 1.84. The Morgan fingerprint density at radius 3 is 2.93 bits per heavy atom. The van der Waals surface area contributed by atoms with Crippen molar-refractivity contribution in [1.82, 2.24) is 0 Å². The molecule has 0 fully saturated rings. The van der Waals surface area contributed by atoms with Crippen molar-refractivity contribution in [3.63, 3.8) is 0 Å². The summed E-state index contributed by atoms with van der Waals surface area (Å²) in [5.41, 5.74) is 0.632. The molecule has 0 aliphatic carbocycles. The lowest BCUT2D eigenvalue weighted by molar-refractivity contribution is 0.183. The van der Waals surface area contributed by atoms with Gasteiger partial charge in [0.05, 0.1) is 30.7 Å². The van der Waals surface area contributed by atoms with Gasteiger partial charge < -0.3 is 9.84 Å². The van der Waals surface area contributed by atoms with Gasteiger partial charge in [0.25, 0.3) is 0 Å². The Labute approximate surface area is 87.5 Å². The molecule has 1 unspecified atom stereocenters. The molecule has 0 amide bonds. The van der Waals surface area contributed by atoms with Crippen LogP contribution in [0.15, 0.2) is 18.2 Å². The molecule has 3 nitrogen and oxygen atoms in total. The Bertz CT molecular complexity index is 360. The molecular formula is C10H10ClNO2. The Kier molecular flexibility index (Phi) is 3.75. The maximum atomic E-state index is 9.51. The molecule has 1 aromatic carbocycles. The van der Waals surface area contributed by atoms with Gasteiger partial charge in [-0.05, 0) is 17.7 Å². The van der Waals surface area contributed by atoms with E-state index in [9.17, 15) is 5.11 Å². The summed E-state index contributed by atoms with van der Waals surface area (Å²) in [7, 11) is 1.50. The third-order valence-corrected chi connectivity index (χ3v) is 2.16. The van der Waals surface area contributed by atoms with Gasteiger partial charge in [-0.2, -0.15) is 5.26 Å². The lowest BCUT2D eigenvalue weighted by Gasteiger charge is -2.09. The Balaban J connectivity index is 2.95. The summed E-state index contributed by atoms with van der Waals surface area (Å²) in [6, 6.07) is 6.83. The van der Waals surface area contributed by atoms with E-state index in [4.69, 9.17) is 21.6 Å². The number of aliphatic hydroxyl groups is 1. The highest BCUT2D eigenvalue weighted by Crippen LogP contribution is 2.28. The maximum absolute atomic E-state index is 9.51. The zero-order valence-corrected chi connectivity index (χ0v) is 8.45. The van der Waals surface area contributed by atoms with Crippen LogP contribution >= 0.6 is 11.6 Å². The molecule has 0 spiro atoms. The van der Waals surface area contributed by atoms with Crippen molar-refractivity contribution in [2.24, 2.45) is 0 Å². The van der Waals surface area contributed by atoms with Gasteiger partial charge in [0, 0.05) is 0 Å². The molecule has 0 bridgehead atoms. The van der Waals surface area contributed by atoms with Crippen molar-refractivity contribution >= 4 is 11.6 Å². The van der Waals surface area contributed by atoms with Crippen LogP contribution in [0.5, 0.6) is 5.75 Å². The first-order chi connectivity index (χ1) is 6.69. The van der Waals surface area contributed by atoms with Crippen molar-refractivity contribution in [2.75, 3.05) is 7.11 Å². The highest BCUT2D eigenvalue weighted by Gasteiger charge is 2.09. The van der Waals surface area contributed by atoms with Crippen molar-refractivity contribution in [1.29, 1.82) is 5.26 Å². The van der Waals surface area contributed by atoms with Gasteiger partial charge in [-0.25, -0.2) is 0 Å². The number of hydrogen-bond acceptors (Lipinski definition) is 3. The molecule has 0 saturated carbocycles. The SMILES string of the molecule is COc1cc(C(O)CC#N)ccc1Cl. The number of benzene rings is 1. The van der Waals surface area contributed by atoms with Gasteiger partial charge >= 0.3 is 0 Å². The van der Waals surface area contributed by atoms with E-state index < -0.39 is 6.10 Å². The second-order valence-corrected chi connectivity index (χ2v) is 3.18. The number of rotatable bonds is 3. The molecule has 14 heavy (non-hydrogen) atoms. The van der Waals surface area contributed by atoms with E-state index in [0.29, 0.717) is 16.3 Å².